The summed E-state index contributed by atoms with van der Waals surface area (Å²) in [5.74, 6) is 0. The molecular weight excluding hydrogens is 546 g/mol. The summed E-state index contributed by atoms with van der Waals surface area (Å²) in [6.45, 7) is 14.5. The molecule has 0 amide bonds. The predicted octanol–water partition coefficient (Wildman–Crippen LogP) is 7.65. The summed E-state index contributed by atoms with van der Waals surface area (Å²) in [4.78, 5) is 0. The summed E-state index contributed by atoms with van der Waals surface area (Å²) < 4.78 is 0. The van der Waals surface area contributed by atoms with E-state index in [-0.39, 0.29) is 50.7 Å². The molecule has 2 aliphatic carbocycles. The average molecular weight is 582 g/mol. The standard InChI is InChI=1S/2C10H17Si.2ClH.Hf/c2*1-11(2,3)9-8-10-6-4-5-7-10;;;/h2*4,6H,5,8-9H2,1-3H3;2*1H;/q2*-1;;;. The van der Waals surface area contributed by atoms with Gasteiger partial charge in [0.1, 0.15) is 0 Å². The van der Waals surface area contributed by atoms with Crippen LogP contribution in [0, 0.1) is 12.2 Å². The van der Waals surface area contributed by atoms with Crippen molar-refractivity contribution >= 4 is 41.0 Å². The first kappa shape index (κ1) is 30.6. The van der Waals surface area contributed by atoms with E-state index in [1.165, 1.54) is 36.1 Å². The van der Waals surface area contributed by atoms with Gasteiger partial charge in [-0.3, -0.25) is 12.2 Å². The van der Waals surface area contributed by atoms with E-state index >= 15 is 0 Å². The molecule has 25 heavy (non-hydrogen) atoms. The second kappa shape index (κ2) is 14.8. The maximum atomic E-state index is 3.36. The normalized spacial score (nSPS) is 15.1. The van der Waals surface area contributed by atoms with Crippen molar-refractivity contribution in [1.29, 1.82) is 0 Å². The molecule has 0 aromatic carbocycles. The van der Waals surface area contributed by atoms with Crippen molar-refractivity contribution in [3.8, 4) is 0 Å². The van der Waals surface area contributed by atoms with E-state index in [9.17, 15) is 0 Å². The molecule has 0 aromatic heterocycles. The first-order chi connectivity index (χ1) is 10.2. The van der Waals surface area contributed by atoms with Crippen LogP contribution in [0.3, 0.4) is 0 Å². The van der Waals surface area contributed by atoms with Gasteiger partial charge in [0.2, 0.25) is 0 Å². The van der Waals surface area contributed by atoms with Crippen LogP contribution in [-0.4, -0.2) is 16.1 Å². The van der Waals surface area contributed by atoms with Gasteiger partial charge in [-0.1, -0.05) is 64.2 Å². The third kappa shape index (κ3) is 18.0. The van der Waals surface area contributed by atoms with Gasteiger partial charge in [0.05, 0.1) is 0 Å². The molecule has 0 fully saturated rings. The maximum absolute atomic E-state index is 3.36. The average Bonchev–Trinajstić information content (AvgIpc) is 3.07. The molecule has 0 saturated heterocycles. The molecule has 0 N–H and O–H groups in total. The van der Waals surface area contributed by atoms with Gasteiger partial charge in [-0.15, -0.1) is 37.7 Å². The zero-order valence-electron chi connectivity index (χ0n) is 16.9. The Kier molecular flexibility index (Phi) is 18.2. The number of rotatable bonds is 6. The fourth-order valence-electron chi connectivity index (χ4n) is 2.26. The van der Waals surface area contributed by atoms with Crippen LogP contribution in [0.2, 0.25) is 51.4 Å². The molecule has 0 saturated carbocycles. The Morgan fingerprint density at radius 1 is 0.720 bits per heavy atom. The SMILES string of the molecule is C[Si](C)(C)CCC1=[C-]CC=C1.C[Si](C)(C)CCC1=[C-]CC=C1.Cl.Cl.[Hf]. The Bertz CT molecular complexity index is 423. The molecule has 0 nitrogen and oxygen atoms in total. The minimum absolute atomic E-state index is 0. The molecule has 2 aliphatic rings. The van der Waals surface area contributed by atoms with Gasteiger partial charge >= 0.3 is 0 Å². The summed E-state index contributed by atoms with van der Waals surface area (Å²) in [5, 5.41) is 0. The summed E-state index contributed by atoms with van der Waals surface area (Å²) in [5.41, 5.74) is 2.87. The van der Waals surface area contributed by atoms with E-state index in [0.717, 1.165) is 12.8 Å². The summed E-state index contributed by atoms with van der Waals surface area (Å²) in [6.07, 6.45) is 20.1. The molecule has 144 valence electrons. The number of allylic oxidation sites excluding steroid dienone is 8. The van der Waals surface area contributed by atoms with Gasteiger partial charge in [0, 0.05) is 42.0 Å². The van der Waals surface area contributed by atoms with Crippen LogP contribution in [0.4, 0.5) is 0 Å². The first-order valence-corrected chi connectivity index (χ1v) is 16.1. The van der Waals surface area contributed by atoms with Crippen LogP contribution >= 0.6 is 24.8 Å². The largest absolute Gasteiger partial charge is 0.270 e. The van der Waals surface area contributed by atoms with Gasteiger partial charge in [-0.05, 0) is 0 Å². The second-order valence-corrected chi connectivity index (χ2v) is 20.0. The van der Waals surface area contributed by atoms with E-state index < -0.39 is 16.1 Å². The maximum Gasteiger partial charge on any atom is 0.0444 e. The molecule has 0 heterocycles. The van der Waals surface area contributed by atoms with E-state index in [4.69, 9.17) is 0 Å². The summed E-state index contributed by atoms with van der Waals surface area (Å²) in [6, 6.07) is 2.80. The van der Waals surface area contributed by atoms with Gasteiger partial charge in [-0.25, -0.2) is 23.3 Å². The minimum atomic E-state index is -0.819. The van der Waals surface area contributed by atoms with Crippen LogP contribution < -0.4 is 0 Å². The number of hydrogen-bond acceptors (Lipinski definition) is 0. The quantitative estimate of drug-likeness (QED) is 0.223. The summed E-state index contributed by atoms with van der Waals surface area (Å²) in [7, 11) is -1.64. The fourth-order valence-corrected chi connectivity index (χ4v) is 4.30. The van der Waals surface area contributed by atoms with Crippen molar-refractivity contribution in [2.75, 3.05) is 0 Å². The number of halogens is 2. The van der Waals surface area contributed by atoms with Crippen LogP contribution in [0.25, 0.3) is 0 Å². The fraction of sp³-hybridized carbons (Fsp3) is 0.600. The smallest absolute Gasteiger partial charge is 0.0444 e. The zero-order valence-corrected chi connectivity index (χ0v) is 24.1. The molecule has 0 atom stereocenters. The summed E-state index contributed by atoms with van der Waals surface area (Å²) >= 11 is 0. The second-order valence-electron chi connectivity index (χ2n) is 8.74. The van der Waals surface area contributed by atoms with E-state index in [0.29, 0.717) is 0 Å². The molecule has 0 aliphatic heterocycles. The molecule has 2 rings (SSSR count). The van der Waals surface area contributed by atoms with Crippen LogP contribution in [0.15, 0.2) is 35.5 Å². The molecule has 0 aromatic rings. The third-order valence-corrected chi connectivity index (χ3v) is 7.32. The Labute approximate surface area is 190 Å². The predicted molar refractivity (Wildman–Crippen MR) is 121 cm³/mol. The van der Waals surface area contributed by atoms with Crippen molar-refractivity contribution in [2.24, 2.45) is 0 Å². The minimum Gasteiger partial charge on any atom is -0.270 e. The van der Waals surface area contributed by atoms with Gasteiger partial charge in [0.25, 0.3) is 0 Å². The van der Waals surface area contributed by atoms with Crippen LogP contribution in [0.5, 0.6) is 0 Å². The van der Waals surface area contributed by atoms with Crippen molar-refractivity contribution in [3.63, 3.8) is 0 Å². The Hall–Kier alpha value is 0.844. The first-order valence-electron chi connectivity index (χ1n) is 8.68. The van der Waals surface area contributed by atoms with E-state index in [1.54, 1.807) is 0 Å². The monoisotopic (exact) mass is 582 g/mol. The molecule has 0 radical (unpaired) electrons. The van der Waals surface area contributed by atoms with Crippen LogP contribution in [-0.2, 0) is 25.8 Å². The third-order valence-electron chi connectivity index (χ3n) is 3.82. The molecule has 0 unspecified atom stereocenters. The van der Waals surface area contributed by atoms with Crippen molar-refractivity contribution in [2.45, 2.75) is 77.1 Å². The Balaban J connectivity index is -0.000000346. The molecule has 5 heteroatoms. The molecule has 0 bridgehead atoms. The molecule has 0 spiro atoms. The zero-order chi connectivity index (χ0) is 16.6. The van der Waals surface area contributed by atoms with Gasteiger partial charge < -0.3 is 0 Å². The van der Waals surface area contributed by atoms with Crippen molar-refractivity contribution in [1.82, 2.24) is 0 Å². The Morgan fingerprint density at radius 2 is 1.04 bits per heavy atom. The number of hydrogen-bond donors (Lipinski definition) is 0. The van der Waals surface area contributed by atoms with Gasteiger partial charge in [-0.2, -0.15) is 12.2 Å². The van der Waals surface area contributed by atoms with Crippen molar-refractivity contribution in [3.05, 3.63) is 47.6 Å². The Morgan fingerprint density at radius 3 is 1.24 bits per heavy atom. The molecular formula is C20H36Cl2HfSi2-2. The van der Waals surface area contributed by atoms with Crippen LogP contribution in [0.1, 0.15) is 25.7 Å². The van der Waals surface area contributed by atoms with Gasteiger partial charge in [0.15, 0.2) is 0 Å². The topological polar surface area (TPSA) is 0 Å². The van der Waals surface area contributed by atoms with E-state index in [1.807, 2.05) is 0 Å². The van der Waals surface area contributed by atoms with Crippen molar-refractivity contribution < 1.29 is 25.8 Å². The van der Waals surface area contributed by atoms with E-state index in [2.05, 4.69) is 75.7 Å².